The van der Waals surface area contributed by atoms with Crippen LogP contribution in [0.25, 0.3) is 0 Å². The fourth-order valence-electron chi connectivity index (χ4n) is 3.24. The Morgan fingerprint density at radius 1 is 1.50 bits per heavy atom. The van der Waals surface area contributed by atoms with Gasteiger partial charge in [0.15, 0.2) is 0 Å². The summed E-state index contributed by atoms with van der Waals surface area (Å²) in [4.78, 5) is 4.28. The largest absolute Gasteiger partial charge is 0.311 e. The molecule has 2 aliphatic rings. The summed E-state index contributed by atoms with van der Waals surface area (Å²) in [6.07, 6.45) is 4.10. The smallest absolute Gasteiger partial charge is 0.0442 e. The minimum absolute atomic E-state index is 0.628. The molecule has 1 aromatic rings. The Morgan fingerprint density at radius 2 is 2.33 bits per heavy atom. The predicted molar refractivity (Wildman–Crippen MR) is 78.0 cm³/mol. The highest BCUT2D eigenvalue weighted by atomic mass is 32.1. The van der Waals surface area contributed by atoms with Crippen molar-refractivity contribution in [3.63, 3.8) is 0 Å². The quantitative estimate of drug-likeness (QED) is 0.898. The lowest BCUT2D eigenvalue weighted by Gasteiger charge is -2.43. The lowest BCUT2D eigenvalue weighted by molar-refractivity contribution is 0.0836. The molecule has 2 nitrogen and oxygen atoms in total. The number of piperazine rings is 1. The molecular weight excluding hydrogens is 240 g/mol. The van der Waals surface area contributed by atoms with Crippen molar-refractivity contribution in [2.45, 2.75) is 51.2 Å². The lowest BCUT2D eigenvalue weighted by Crippen LogP contribution is -2.56. The molecule has 1 saturated carbocycles. The maximum absolute atomic E-state index is 3.75. The second-order valence-corrected chi connectivity index (χ2v) is 6.82. The second kappa shape index (κ2) is 5.32. The molecule has 0 bridgehead atoms. The van der Waals surface area contributed by atoms with Crippen molar-refractivity contribution < 1.29 is 0 Å². The van der Waals surface area contributed by atoms with Crippen molar-refractivity contribution in [2.24, 2.45) is 5.92 Å². The molecule has 0 spiro atoms. The summed E-state index contributed by atoms with van der Waals surface area (Å²) in [5, 5.41) is 5.96. The van der Waals surface area contributed by atoms with Gasteiger partial charge in [-0.25, -0.2) is 0 Å². The maximum atomic E-state index is 3.75. The van der Waals surface area contributed by atoms with Gasteiger partial charge in [0.1, 0.15) is 0 Å². The minimum Gasteiger partial charge on any atom is -0.311 e. The molecule has 3 rings (SSSR count). The van der Waals surface area contributed by atoms with Gasteiger partial charge in [0.25, 0.3) is 0 Å². The van der Waals surface area contributed by atoms with E-state index in [1.54, 1.807) is 4.88 Å². The zero-order valence-electron chi connectivity index (χ0n) is 11.4. The molecular formula is C15H24N2S. The van der Waals surface area contributed by atoms with Crippen LogP contribution in [-0.4, -0.2) is 30.1 Å². The van der Waals surface area contributed by atoms with Crippen molar-refractivity contribution in [1.29, 1.82) is 0 Å². The third kappa shape index (κ3) is 2.49. The van der Waals surface area contributed by atoms with Crippen molar-refractivity contribution in [3.8, 4) is 0 Å². The highest BCUT2D eigenvalue weighted by molar-refractivity contribution is 7.10. The summed E-state index contributed by atoms with van der Waals surface area (Å²) < 4.78 is 0. The zero-order valence-corrected chi connectivity index (χ0v) is 12.2. The molecule has 3 heteroatoms. The number of nitrogens with one attached hydrogen (secondary N) is 1. The molecule has 0 radical (unpaired) electrons. The fourth-order valence-corrected chi connectivity index (χ4v) is 4.17. The topological polar surface area (TPSA) is 15.3 Å². The molecule has 18 heavy (non-hydrogen) atoms. The number of rotatable bonds is 4. The van der Waals surface area contributed by atoms with Gasteiger partial charge in [-0.1, -0.05) is 13.0 Å². The Bertz CT molecular complexity index is 372. The zero-order chi connectivity index (χ0) is 12.5. The minimum atomic E-state index is 0.628. The van der Waals surface area contributed by atoms with Gasteiger partial charge in [0.05, 0.1) is 0 Å². The third-order valence-corrected chi connectivity index (χ3v) is 5.47. The van der Waals surface area contributed by atoms with Crippen LogP contribution in [0.15, 0.2) is 17.5 Å². The van der Waals surface area contributed by atoms with Crippen molar-refractivity contribution in [3.05, 3.63) is 22.4 Å². The van der Waals surface area contributed by atoms with Crippen LogP contribution in [0.5, 0.6) is 0 Å². The normalized spacial score (nSPS) is 31.4. The van der Waals surface area contributed by atoms with Crippen LogP contribution in [0.3, 0.4) is 0 Å². The van der Waals surface area contributed by atoms with Crippen LogP contribution in [0.4, 0.5) is 0 Å². The molecule has 0 aromatic carbocycles. The van der Waals surface area contributed by atoms with Crippen molar-refractivity contribution >= 4 is 11.3 Å². The number of thiophene rings is 1. The van der Waals surface area contributed by atoms with Crippen LogP contribution < -0.4 is 5.32 Å². The molecule has 0 amide bonds. The van der Waals surface area contributed by atoms with Crippen molar-refractivity contribution in [1.82, 2.24) is 10.2 Å². The van der Waals surface area contributed by atoms with Crippen LogP contribution in [0.2, 0.25) is 0 Å². The van der Waals surface area contributed by atoms with E-state index in [0.29, 0.717) is 12.1 Å². The van der Waals surface area contributed by atoms with E-state index in [2.05, 4.69) is 41.6 Å². The average molecular weight is 264 g/mol. The van der Waals surface area contributed by atoms with E-state index in [4.69, 9.17) is 0 Å². The van der Waals surface area contributed by atoms with Gasteiger partial charge in [-0.2, -0.15) is 0 Å². The maximum Gasteiger partial charge on any atom is 0.0442 e. The molecule has 1 N–H and O–H groups in total. The molecule has 2 fully saturated rings. The van der Waals surface area contributed by atoms with Gasteiger partial charge >= 0.3 is 0 Å². The van der Waals surface area contributed by atoms with E-state index >= 15 is 0 Å². The van der Waals surface area contributed by atoms with E-state index in [0.717, 1.165) is 18.5 Å². The average Bonchev–Trinajstić information content (AvgIpc) is 3.09. The highest BCUT2D eigenvalue weighted by Gasteiger charge is 2.38. The van der Waals surface area contributed by atoms with Crippen molar-refractivity contribution in [2.75, 3.05) is 13.1 Å². The van der Waals surface area contributed by atoms with Gasteiger partial charge in [-0.15, -0.1) is 11.3 Å². The van der Waals surface area contributed by atoms with Gasteiger partial charge in [-0.05, 0) is 43.6 Å². The Morgan fingerprint density at radius 3 is 2.94 bits per heavy atom. The number of nitrogens with zero attached hydrogens (tertiary/aromatic N) is 1. The molecule has 1 aromatic heterocycles. The van der Waals surface area contributed by atoms with E-state index in [1.165, 1.54) is 25.8 Å². The van der Waals surface area contributed by atoms with Crippen LogP contribution >= 0.6 is 11.3 Å². The molecule has 1 aliphatic heterocycles. The molecule has 3 atom stereocenters. The first-order valence-corrected chi connectivity index (χ1v) is 8.20. The first-order chi connectivity index (χ1) is 8.79. The van der Waals surface area contributed by atoms with Gasteiger partial charge in [-0.3, -0.25) is 4.90 Å². The Labute approximate surface area is 114 Å². The van der Waals surface area contributed by atoms with Gasteiger partial charge in [0.2, 0.25) is 0 Å². The molecule has 2 heterocycles. The second-order valence-electron chi connectivity index (χ2n) is 5.84. The Balaban J connectivity index is 1.74. The first-order valence-electron chi connectivity index (χ1n) is 7.32. The number of hydrogen-bond acceptors (Lipinski definition) is 3. The lowest BCUT2D eigenvalue weighted by atomic mass is 10.0. The molecule has 100 valence electrons. The highest BCUT2D eigenvalue weighted by Crippen LogP contribution is 2.37. The van der Waals surface area contributed by atoms with Crippen LogP contribution in [0.1, 0.15) is 44.0 Å². The Hall–Kier alpha value is -0.380. The summed E-state index contributed by atoms with van der Waals surface area (Å²) in [7, 11) is 0. The summed E-state index contributed by atoms with van der Waals surface area (Å²) in [6.45, 7) is 7.09. The Kier molecular flexibility index (Phi) is 3.73. The third-order valence-electron chi connectivity index (χ3n) is 4.50. The number of hydrogen-bond donors (Lipinski definition) is 1. The summed E-state index contributed by atoms with van der Waals surface area (Å²) in [6, 6.07) is 6.53. The van der Waals surface area contributed by atoms with Crippen LogP contribution in [-0.2, 0) is 0 Å². The van der Waals surface area contributed by atoms with E-state index in [-0.39, 0.29) is 0 Å². The summed E-state index contributed by atoms with van der Waals surface area (Å²) in [5.41, 5.74) is 0. The summed E-state index contributed by atoms with van der Waals surface area (Å²) in [5.74, 6) is 0.959. The van der Waals surface area contributed by atoms with E-state index < -0.39 is 0 Å². The first kappa shape index (κ1) is 12.6. The predicted octanol–water partition coefficient (Wildman–Crippen LogP) is 3.27. The van der Waals surface area contributed by atoms with Crippen LogP contribution in [0, 0.1) is 5.92 Å². The van der Waals surface area contributed by atoms with Gasteiger partial charge in [0, 0.05) is 36.1 Å². The summed E-state index contributed by atoms with van der Waals surface area (Å²) >= 11 is 1.91. The molecule has 1 aliphatic carbocycles. The monoisotopic (exact) mass is 264 g/mol. The molecule has 1 saturated heterocycles. The standard InChI is InChI=1S/C15H24N2S/c1-3-14(15-5-4-8-18-15)17-10-13(12-6-7-12)16-9-11(17)2/h4-5,8,11-14,16H,3,6-7,9-10H2,1-2H3. The van der Waals surface area contributed by atoms with E-state index in [1.807, 2.05) is 11.3 Å². The molecule has 3 unspecified atom stereocenters. The SMILES string of the molecule is CCC(c1cccs1)N1CC(C2CC2)NCC1C. The fraction of sp³-hybridized carbons (Fsp3) is 0.733. The van der Waals surface area contributed by atoms with E-state index in [9.17, 15) is 0 Å². The van der Waals surface area contributed by atoms with Gasteiger partial charge < -0.3 is 5.32 Å².